The van der Waals surface area contributed by atoms with Crippen molar-refractivity contribution in [3.05, 3.63) is 77.3 Å². The van der Waals surface area contributed by atoms with E-state index in [1.807, 2.05) is 12.1 Å². The van der Waals surface area contributed by atoms with E-state index in [-0.39, 0.29) is 11.9 Å². The number of fused-ring (bicyclic) bond motifs is 1. The van der Waals surface area contributed by atoms with E-state index in [1.54, 1.807) is 18.2 Å². The van der Waals surface area contributed by atoms with Gasteiger partial charge in [0, 0.05) is 23.7 Å². The van der Waals surface area contributed by atoms with Crippen LogP contribution in [-0.2, 0) is 6.42 Å². The molecular formula is C20H21FNOP. The Hall–Kier alpha value is -2.12. The largest absolute Gasteiger partial charge is 0.493 e. The Balaban J connectivity index is 1.67. The predicted molar refractivity (Wildman–Crippen MR) is 101 cm³/mol. The SMILES string of the molecule is C=C(/C=C/c1c(F)cccc1P)NC(C)c1ccc2c(c1)CCO2. The van der Waals surface area contributed by atoms with Crippen LogP contribution < -0.4 is 15.4 Å². The van der Waals surface area contributed by atoms with Crippen molar-refractivity contribution in [2.24, 2.45) is 0 Å². The molecule has 0 saturated heterocycles. The summed E-state index contributed by atoms with van der Waals surface area (Å²) in [5, 5.41) is 4.17. The summed E-state index contributed by atoms with van der Waals surface area (Å²) in [5.74, 6) is 0.746. The minimum Gasteiger partial charge on any atom is -0.493 e. The number of ether oxygens (including phenoxy) is 1. The molecule has 0 fully saturated rings. The summed E-state index contributed by atoms with van der Waals surface area (Å²) < 4.78 is 19.4. The standard InChI is InChI=1S/C20H21FNOP/c1-13(6-8-17-18(21)4-3-5-20(17)24)22-14(2)15-7-9-19-16(12-15)10-11-23-19/h3-9,12,14,22H,1,10-11,24H2,2H3/b8-6+. The Morgan fingerprint density at radius 3 is 3.00 bits per heavy atom. The van der Waals surface area contributed by atoms with Crippen molar-refractivity contribution in [1.29, 1.82) is 0 Å². The highest BCUT2D eigenvalue weighted by Crippen LogP contribution is 2.28. The van der Waals surface area contributed by atoms with Crippen molar-refractivity contribution < 1.29 is 9.13 Å². The van der Waals surface area contributed by atoms with Gasteiger partial charge >= 0.3 is 0 Å². The lowest BCUT2D eigenvalue weighted by molar-refractivity contribution is 0.357. The van der Waals surface area contributed by atoms with Crippen LogP contribution in [0.3, 0.4) is 0 Å². The van der Waals surface area contributed by atoms with Crippen LogP contribution >= 0.6 is 9.24 Å². The van der Waals surface area contributed by atoms with Gasteiger partial charge in [0.25, 0.3) is 0 Å². The van der Waals surface area contributed by atoms with Crippen molar-refractivity contribution in [1.82, 2.24) is 5.32 Å². The first-order valence-electron chi connectivity index (χ1n) is 7.97. The maximum absolute atomic E-state index is 13.8. The monoisotopic (exact) mass is 341 g/mol. The van der Waals surface area contributed by atoms with Gasteiger partial charge in [-0.2, -0.15) is 0 Å². The Morgan fingerprint density at radius 1 is 1.38 bits per heavy atom. The number of hydrogen-bond acceptors (Lipinski definition) is 2. The predicted octanol–water partition coefficient (Wildman–Crippen LogP) is 4.14. The second-order valence-electron chi connectivity index (χ2n) is 5.93. The minimum atomic E-state index is -0.238. The van der Waals surface area contributed by atoms with Crippen LogP contribution in [0.15, 0.2) is 54.8 Å². The lowest BCUT2D eigenvalue weighted by Crippen LogP contribution is -2.16. The molecule has 0 saturated carbocycles. The number of allylic oxidation sites excluding steroid dienone is 1. The highest BCUT2D eigenvalue weighted by atomic mass is 31.0. The van der Waals surface area contributed by atoms with Crippen LogP contribution in [0.5, 0.6) is 5.75 Å². The molecule has 2 aromatic rings. The summed E-state index contributed by atoms with van der Waals surface area (Å²) in [6.07, 6.45) is 4.51. The molecule has 4 heteroatoms. The third-order valence-electron chi connectivity index (χ3n) is 4.15. The number of halogens is 1. The summed E-state index contributed by atoms with van der Waals surface area (Å²) in [4.78, 5) is 0. The van der Waals surface area contributed by atoms with Gasteiger partial charge in [0.1, 0.15) is 11.6 Å². The first-order valence-corrected chi connectivity index (χ1v) is 8.55. The van der Waals surface area contributed by atoms with E-state index in [4.69, 9.17) is 4.74 Å². The molecule has 3 rings (SSSR count). The smallest absolute Gasteiger partial charge is 0.131 e. The zero-order chi connectivity index (χ0) is 17.1. The van der Waals surface area contributed by atoms with E-state index in [0.29, 0.717) is 5.56 Å². The summed E-state index contributed by atoms with van der Waals surface area (Å²) in [7, 11) is 2.55. The fourth-order valence-electron chi connectivity index (χ4n) is 2.80. The maximum Gasteiger partial charge on any atom is 0.131 e. The molecule has 1 aliphatic heterocycles. The van der Waals surface area contributed by atoms with Crippen LogP contribution in [0.2, 0.25) is 0 Å². The average Bonchev–Trinajstić information content (AvgIpc) is 3.01. The fourth-order valence-corrected chi connectivity index (χ4v) is 3.14. The van der Waals surface area contributed by atoms with Gasteiger partial charge < -0.3 is 10.1 Å². The van der Waals surface area contributed by atoms with E-state index in [2.05, 4.69) is 40.2 Å². The molecule has 24 heavy (non-hydrogen) atoms. The summed E-state index contributed by atoms with van der Waals surface area (Å²) in [6, 6.07) is 11.4. The first-order chi connectivity index (χ1) is 11.5. The van der Waals surface area contributed by atoms with Gasteiger partial charge in [0.15, 0.2) is 0 Å². The third-order valence-corrected chi connectivity index (χ3v) is 4.66. The van der Waals surface area contributed by atoms with Crippen LogP contribution in [-0.4, -0.2) is 6.61 Å². The quantitative estimate of drug-likeness (QED) is 0.652. The number of rotatable bonds is 5. The topological polar surface area (TPSA) is 21.3 Å². The van der Waals surface area contributed by atoms with E-state index < -0.39 is 0 Å². The van der Waals surface area contributed by atoms with E-state index in [1.165, 1.54) is 17.2 Å². The van der Waals surface area contributed by atoms with Gasteiger partial charge in [0.05, 0.1) is 6.61 Å². The molecule has 2 nitrogen and oxygen atoms in total. The van der Waals surface area contributed by atoms with Crippen molar-refractivity contribution in [2.45, 2.75) is 19.4 Å². The third kappa shape index (κ3) is 3.68. The lowest BCUT2D eigenvalue weighted by Gasteiger charge is -2.16. The zero-order valence-corrected chi connectivity index (χ0v) is 14.8. The molecule has 1 aliphatic rings. The van der Waals surface area contributed by atoms with Gasteiger partial charge in [-0.3, -0.25) is 0 Å². The molecule has 2 atom stereocenters. The Kier molecular flexibility index (Phi) is 5.01. The highest BCUT2D eigenvalue weighted by Gasteiger charge is 2.14. The lowest BCUT2D eigenvalue weighted by atomic mass is 10.0. The second kappa shape index (κ2) is 7.19. The van der Waals surface area contributed by atoms with Crippen LogP contribution in [0.4, 0.5) is 4.39 Å². The van der Waals surface area contributed by atoms with Gasteiger partial charge in [0.2, 0.25) is 0 Å². The van der Waals surface area contributed by atoms with Gasteiger partial charge in [-0.1, -0.05) is 24.8 Å². The van der Waals surface area contributed by atoms with Gasteiger partial charge in [-0.05, 0) is 53.7 Å². The molecule has 2 aromatic carbocycles. The summed E-state index contributed by atoms with van der Waals surface area (Å²) in [6.45, 7) is 6.86. The highest BCUT2D eigenvalue weighted by molar-refractivity contribution is 7.27. The molecule has 1 N–H and O–H groups in total. The molecule has 0 spiro atoms. The molecule has 124 valence electrons. The van der Waals surface area contributed by atoms with Crippen LogP contribution in [0.25, 0.3) is 6.08 Å². The van der Waals surface area contributed by atoms with Crippen LogP contribution in [0.1, 0.15) is 29.7 Å². The number of nitrogens with one attached hydrogen (secondary N) is 1. The summed E-state index contributed by atoms with van der Waals surface area (Å²) in [5.41, 5.74) is 3.74. The molecular weight excluding hydrogens is 320 g/mol. The van der Waals surface area contributed by atoms with Gasteiger partial charge in [-0.15, -0.1) is 9.24 Å². The maximum atomic E-state index is 13.8. The van der Waals surface area contributed by atoms with Crippen molar-refractivity contribution >= 4 is 20.6 Å². The molecule has 1 heterocycles. The van der Waals surface area contributed by atoms with Crippen molar-refractivity contribution in [2.75, 3.05) is 6.61 Å². The Labute approximate surface area is 144 Å². The number of hydrogen-bond donors (Lipinski definition) is 1. The molecule has 0 aliphatic carbocycles. The van der Waals surface area contributed by atoms with Crippen molar-refractivity contribution in [3.63, 3.8) is 0 Å². The first kappa shape index (κ1) is 16.7. The normalized spacial score (nSPS) is 14.3. The zero-order valence-electron chi connectivity index (χ0n) is 13.7. The minimum absolute atomic E-state index is 0.115. The Bertz CT molecular complexity index is 780. The average molecular weight is 341 g/mol. The molecule has 0 amide bonds. The second-order valence-corrected chi connectivity index (χ2v) is 6.55. The molecule has 0 bridgehead atoms. The molecule has 0 radical (unpaired) electrons. The fraction of sp³-hybridized carbons (Fsp3) is 0.200. The van der Waals surface area contributed by atoms with E-state index >= 15 is 0 Å². The summed E-state index contributed by atoms with van der Waals surface area (Å²) >= 11 is 0. The van der Waals surface area contributed by atoms with Crippen LogP contribution in [0, 0.1) is 5.82 Å². The Morgan fingerprint density at radius 2 is 2.21 bits per heavy atom. The molecule has 2 unspecified atom stereocenters. The van der Waals surface area contributed by atoms with E-state index in [0.717, 1.165) is 29.8 Å². The van der Waals surface area contributed by atoms with Gasteiger partial charge in [-0.25, -0.2) is 4.39 Å². The van der Waals surface area contributed by atoms with E-state index in [9.17, 15) is 4.39 Å². The van der Waals surface area contributed by atoms with Crippen molar-refractivity contribution in [3.8, 4) is 5.75 Å². The number of benzene rings is 2. The molecule has 0 aromatic heterocycles.